The van der Waals surface area contributed by atoms with Gasteiger partial charge in [-0.2, -0.15) is 0 Å². The zero-order chi connectivity index (χ0) is 15.3. The van der Waals surface area contributed by atoms with E-state index in [9.17, 15) is 9.90 Å². The van der Waals surface area contributed by atoms with Crippen molar-refractivity contribution in [3.63, 3.8) is 0 Å². The summed E-state index contributed by atoms with van der Waals surface area (Å²) in [4.78, 5) is 12.0. The standard InChI is InChI=1S/C17H22O4/c1-16(2)8-14(19)15-17(10-16,21-15)9-13(18)11-5-4-6-12(7-11)20-3/h4-7,13,15,18H,8-10H2,1-3H3. The Morgan fingerprint density at radius 2 is 2.24 bits per heavy atom. The van der Waals surface area contributed by atoms with E-state index in [1.165, 1.54) is 0 Å². The summed E-state index contributed by atoms with van der Waals surface area (Å²) in [5, 5.41) is 10.5. The van der Waals surface area contributed by atoms with Gasteiger partial charge in [0.25, 0.3) is 0 Å². The van der Waals surface area contributed by atoms with Gasteiger partial charge in [0.05, 0.1) is 13.2 Å². The zero-order valence-electron chi connectivity index (χ0n) is 12.8. The molecule has 4 heteroatoms. The van der Waals surface area contributed by atoms with Crippen LogP contribution in [0.5, 0.6) is 5.75 Å². The minimum Gasteiger partial charge on any atom is -0.497 e. The summed E-state index contributed by atoms with van der Waals surface area (Å²) in [5.74, 6) is 0.890. The molecule has 21 heavy (non-hydrogen) atoms. The minimum atomic E-state index is -0.646. The fourth-order valence-electron chi connectivity index (χ4n) is 3.65. The number of aliphatic hydroxyl groups is 1. The van der Waals surface area contributed by atoms with Crippen molar-refractivity contribution < 1.29 is 19.4 Å². The number of ketones is 1. The van der Waals surface area contributed by atoms with E-state index in [1.807, 2.05) is 24.3 Å². The molecule has 1 aromatic carbocycles. The summed E-state index contributed by atoms with van der Waals surface area (Å²) in [6.45, 7) is 4.17. The minimum absolute atomic E-state index is 0.0574. The first-order valence-electron chi connectivity index (χ1n) is 7.38. The quantitative estimate of drug-likeness (QED) is 0.866. The Kier molecular flexibility index (Phi) is 3.34. The molecule has 1 aliphatic heterocycles. The molecular formula is C17H22O4. The van der Waals surface area contributed by atoms with Gasteiger partial charge in [0, 0.05) is 12.8 Å². The molecule has 1 aromatic rings. The van der Waals surface area contributed by atoms with Gasteiger partial charge in [-0.05, 0) is 29.5 Å². The lowest BCUT2D eigenvalue weighted by molar-refractivity contribution is -0.123. The van der Waals surface area contributed by atoms with Crippen LogP contribution in [0.25, 0.3) is 0 Å². The fraction of sp³-hybridized carbons (Fsp3) is 0.588. The van der Waals surface area contributed by atoms with Crippen LogP contribution in [0.1, 0.15) is 44.8 Å². The van der Waals surface area contributed by atoms with E-state index in [0.29, 0.717) is 12.8 Å². The summed E-state index contributed by atoms with van der Waals surface area (Å²) in [6.07, 6.45) is 0.879. The van der Waals surface area contributed by atoms with E-state index in [4.69, 9.17) is 9.47 Å². The number of epoxide rings is 1. The number of fused-ring (bicyclic) bond motifs is 1. The van der Waals surface area contributed by atoms with Gasteiger partial charge in [0.1, 0.15) is 17.5 Å². The maximum absolute atomic E-state index is 12.0. The molecule has 1 heterocycles. The number of hydrogen-bond donors (Lipinski definition) is 1. The van der Waals surface area contributed by atoms with Crippen LogP contribution >= 0.6 is 0 Å². The van der Waals surface area contributed by atoms with Crippen LogP contribution in [0.3, 0.4) is 0 Å². The lowest BCUT2D eigenvalue weighted by Crippen LogP contribution is -2.37. The maximum Gasteiger partial charge on any atom is 0.165 e. The molecule has 114 valence electrons. The highest BCUT2D eigenvalue weighted by atomic mass is 16.6. The van der Waals surface area contributed by atoms with Gasteiger partial charge in [-0.1, -0.05) is 26.0 Å². The number of rotatable bonds is 4. The van der Waals surface area contributed by atoms with Crippen LogP contribution in [-0.2, 0) is 9.53 Å². The molecule has 0 aromatic heterocycles. The second kappa shape index (κ2) is 4.82. The van der Waals surface area contributed by atoms with E-state index >= 15 is 0 Å². The van der Waals surface area contributed by atoms with Crippen LogP contribution in [0.4, 0.5) is 0 Å². The Labute approximate surface area is 125 Å². The number of carbonyl (C=O) groups is 1. The summed E-state index contributed by atoms with van der Waals surface area (Å²) >= 11 is 0. The molecule has 1 saturated carbocycles. The van der Waals surface area contributed by atoms with Gasteiger partial charge in [0.15, 0.2) is 5.78 Å². The number of methoxy groups -OCH3 is 1. The van der Waals surface area contributed by atoms with Crippen LogP contribution < -0.4 is 4.74 Å². The number of Topliss-reactive ketones (excluding diaryl/α,β-unsaturated/α-hetero) is 1. The third-order valence-electron chi connectivity index (χ3n) is 4.51. The first-order valence-corrected chi connectivity index (χ1v) is 7.38. The predicted molar refractivity (Wildman–Crippen MR) is 78.2 cm³/mol. The third kappa shape index (κ3) is 2.70. The molecule has 3 atom stereocenters. The third-order valence-corrected chi connectivity index (χ3v) is 4.51. The van der Waals surface area contributed by atoms with E-state index in [0.717, 1.165) is 17.7 Å². The largest absolute Gasteiger partial charge is 0.497 e. The lowest BCUT2D eigenvalue weighted by Gasteiger charge is -2.32. The SMILES string of the molecule is COc1cccc(C(O)CC23CC(C)(C)CC(=O)C2O3)c1. The Bertz CT molecular complexity index is 566. The molecule has 4 nitrogen and oxygen atoms in total. The van der Waals surface area contributed by atoms with E-state index in [2.05, 4.69) is 13.8 Å². The van der Waals surface area contributed by atoms with Crippen molar-refractivity contribution in [2.24, 2.45) is 5.41 Å². The van der Waals surface area contributed by atoms with Gasteiger partial charge in [-0.25, -0.2) is 0 Å². The van der Waals surface area contributed by atoms with Gasteiger partial charge < -0.3 is 14.6 Å². The number of benzene rings is 1. The molecule has 0 radical (unpaired) electrons. The van der Waals surface area contributed by atoms with E-state index in [-0.39, 0.29) is 17.3 Å². The van der Waals surface area contributed by atoms with E-state index in [1.54, 1.807) is 7.11 Å². The lowest BCUT2D eigenvalue weighted by atomic mass is 9.70. The molecule has 0 spiro atoms. The molecule has 1 aliphatic carbocycles. The van der Waals surface area contributed by atoms with Crippen molar-refractivity contribution in [2.45, 2.75) is 50.9 Å². The van der Waals surface area contributed by atoms with Crippen molar-refractivity contribution in [1.82, 2.24) is 0 Å². The Morgan fingerprint density at radius 1 is 1.48 bits per heavy atom. The first kappa shape index (κ1) is 14.5. The van der Waals surface area contributed by atoms with Crippen LogP contribution in [0.2, 0.25) is 0 Å². The number of aliphatic hydroxyl groups excluding tert-OH is 1. The van der Waals surface area contributed by atoms with E-state index < -0.39 is 11.7 Å². The Hall–Kier alpha value is -1.39. The summed E-state index contributed by atoms with van der Waals surface area (Å²) in [5.41, 5.74) is 0.272. The molecule has 1 N–H and O–H groups in total. The summed E-state index contributed by atoms with van der Waals surface area (Å²) < 4.78 is 10.9. The van der Waals surface area contributed by atoms with Crippen molar-refractivity contribution in [3.05, 3.63) is 29.8 Å². The van der Waals surface area contributed by atoms with Gasteiger partial charge in [0.2, 0.25) is 0 Å². The van der Waals surface area contributed by atoms with Gasteiger partial charge in [-0.15, -0.1) is 0 Å². The van der Waals surface area contributed by atoms with Crippen LogP contribution in [-0.4, -0.2) is 29.7 Å². The molecule has 0 bridgehead atoms. The number of ether oxygens (including phenoxy) is 2. The highest BCUT2D eigenvalue weighted by molar-refractivity contribution is 5.88. The van der Waals surface area contributed by atoms with Gasteiger partial charge in [-0.3, -0.25) is 4.79 Å². The van der Waals surface area contributed by atoms with Crippen molar-refractivity contribution in [2.75, 3.05) is 7.11 Å². The molecule has 3 rings (SSSR count). The first-order chi connectivity index (χ1) is 9.85. The topological polar surface area (TPSA) is 59.1 Å². The number of hydrogen-bond acceptors (Lipinski definition) is 4. The zero-order valence-corrected chi connectivity index (χ0v) is 12.8. The smallest absolute Gasteiger partial charge is 0.165 e. The predicted octanol–water partition coefficient (Wildman–Crippen LogP) is 2.65. The monoisotopic (exact) mass is 290 g/mol. The highest BCUT2D eigenvalue weighted by Gasteiger charge is 2.65. The highest BCUT2D eigenvalue weighted by Crippen LogP contribution is 2.56. The summed E-state index contributed by atoms with van der Waals surface area (Å²) in [6, 6.07) is 7.40. The molecule has 2 aliphatic rings. The number of carbonyl (C=O) groups excluding carboxylic acids is 1. The molecule has 1 saturated heterocycles. The fourth-order valence-corrected chi connectivity index (χ4v) is 3.65. The second-order valence-corrected chi connectivity index (χ2v) is 7.04. The second-order valence-electron chi connectivity index (χ2n) is 7.04. The molecule has 3 unspecified atom stereocenters. The van der Waals surface area contributed by atoms with Crippen LogP contribution in [0, 0.1) is 5.41 Å². The molecule has 0 amide bonds. The average molecular weight is 290 g/mol. The Balaban J connectivity index is 1.76. The summed E-state index contributed by atoms with van der Waals surface area (Å²) in [7, 11) is 1.60. The van der Waals surface area contributed by atoms with Gasteiger partial charge >= 0.3 is 0 Å². The van der Waals surface area contributed by atoms with Crippen LogP contribution in [0.15, 0.2) is 24.3 Å². The van der Waals surface area contributed by atoms with Crippen molar-refractivity contribution in [3.8, 4) is 5.75 Å². The Morgan fingerprint density at radius 3 is 2.95 bits per heavy atom. The van der Waals surface area contributed by atoms with Crippen molar-refractivity contribution >= 4 is 5.78 Å². The molecule has 2 fully saturated rings. The normalized spacial score (nSPS) is 31.4. The molecular weight excluding hydrogens is 268 g/mol. The maximum atomic E-state index is 12.0. The van der Waals surface area contributed by atoms with Crippen molar-refractivity contribution in [1.29, 1.82) is 0 Å². The average Bonchev–Trinajstić information content (AvgIpc) is 3.11.